The number of aromatic nitrogens is 4. The van der Waals surface area contributed by atoms with Crippen LogP contribution in [0.25, 0.3) is 11.2 Å². The number of imidazole rings is 1. The number of hydrogen-bond donors (Lipinski definition) is 1. The van der Waals surface area contributed by atoms with Crippen LogP contribution in [0.15, 0.2) is 0 Å². The van der Waals surface area contributed by atoms with Gasteiger partial charge in [-0.25, -0.2) is 9.67 Å². The summed E-state index contributed by atoms with van der Waals surface area (Å²) in [5.74, 6) is 1.23. The highest BCUT2D eigenvalue weighted by molar-refractivity contribution is 5.77. The molecule has 5 heteroatoms. The molecule has 2 heterocycles. The van der Waals surface area contributed by atoms with Gasteiger partial charge in [0, 0.05) is 12.6 Å². The van der Waals surface area contributed by atoms with Crippen molar-refractivity contribution in [3.05, 3.63) is 5.69 Å². The number of nitrogens with zero attached hydrogens (tertiary/aromatic N) is 4. The molecule has 1 atom stereocenters. The molecule has 0 amide bonds. The second kappa shape index (κ2) is 4.63. The molecule has 0 bridgehead atoms. The molecule has 2 aromatic heterocycles. The molecule has 0 radical (unpaired) electrons. The number of nitrogen functional groups attached to an aromatic ring is 1. The molecule has 0 spiro atoms. The maximum atomic E-state index is 6.08. The lowest BCUT2D eigenvalue weighted by Gasteiger charge is -2.18. The van der Waals surface area contributed by atoms with Gasteiger partial charge in [-0.1, -0.05) is 13.8 Å². The Bertz CT molecular complexity index is 549. The van der Waals surface area contributed by atoms with Gasteiger partial charge in [0.1, 0.15) is 5.52 Å². The Kier molecular flexibility index (Phi) is 3.32. The summed E-state index contributed by atoms with van der Waals surface area (Å²) in [7, 11) is 0. The van der Waals surface area contributed by atoms with Crippen LogP contribution in [0, 0.1) is 12.8 Å². The number of hydrogen-bond acceptors (Lipinski definition) is 3. The van der Waals surface area contributed by atoms with Gasteiger partial charge in [-0.05, 0) is 33.1 Å². The van der Waals surface area contributed by atoms with Crippen LogP contribution < -0.4 is 5.73 Å². The van der Waals surface area contributed by atoms with Crippen LogP contribution in [0.2, 0.25) is 0 Å². The van der Waals surface area contributed by atoms with E-state index in [1.54, 1.807) is 0 Å². The van der Waals surface area contributed by atoms with E-state index >= 15 is 0 Å². The van der Waals surface area contributed by atoms with Crippen LogP contribution in [-0.2, 0) is 6.54 Å². The van der Waals surface area contributed by atoms with Crippen LogP contribution in [0.3, 0.4) is 0 Å². The molecule has 2 N–H and O–H groups in total. The van der Waals surface area contributed by atoms with Gasteiger partial charge in [-0.2, -0.15) is 5.10 Å². The number of aryl methyl sites for hydroxylation is 2. The first-order chi connectivity index (χ1) is 8.45. The summed E-state index contributed by atoms with van der Waals surface area (Å²) in [5.41, 5.74) is 9.02. The molecule has 0 saturated heterocycles. The lowest BCUT2D eigenvalue weighted by atomic mass is 10.1. The molecule has 2 rings (SSSR count). The second-order valence-corrected chi connectivity index (χ2v) is 5.39. The van der Waals surface area contributed by atoms with Gasteiger partial charge in [-0.3, -0.25) is 4.57 Å². The summed E-state index contributed by atoms with van der Waals surface area (Å²) in [6.45, 7) is 11.6. The molecule has 0 aromatic carbocycles. The molecular weight excluding hydrogens is 226 g/mol. The number of anilines is 1. The zero-order valence-electron chi connectivity index (χ0n) is 11.9. The Morgan fingerprint density at radius 3 is 2.50 bits per heavy atom. The quantitative estimate of drug-likeness (QED) is 0.906. The van der Waals surface area contributed by atoms with Gasteiger partial charge >= 0.3 is 0 Å². The first-order valence-electron chi connectivity index (χ1n) is 6.66. The van der Waals surface area contributed by atoms with Crippen molar-refractivity contribution in [2.45, 2.75) is 53.6 Å². The molecule has 0 aliphatic carbocycles. The largest absolute Gasteiger partial charge is 0.369 e. The van der Waals surface area contributed by atoms with Gasteiger partial charge in [0.15, 0.2) is 5.65 Å². The van der Waals surface area contributed by atoms with E-state index in [1.165, 1.54) is 0 Å². The Morgan fingerprint density at radius 1 is 1.28 bits per heavy atom. The summed E-state index contributed by atoms with van der Waals surface area (Å²) < 4.78 is 4.11. The molecule has 0 saturated carbocycles. The van der Waals surface area contributed by atoms with Crippen molar-refractivity contribution in [1.82, 2.24) is 19.3 Å². The van der Waals surface area contributed by atoms with Crippen molar-refractivity contribution in [2.75, 3.05) is 5.73 Å². The van der Waals surface area contributed by atoms with Gasteiger partial charge in [0.05, 0.1) is 5.69 Å². The van der Waals surface area contributed by atoms with E-state index in [4.69, 9.17) is 5.73 Å². The Balaban J connectivity index is 2.58. The van der Waals surface area contributed by atoms with E-state index in [-0.39, 0.29) is 0 Å². The Hall–Kier alpha value is -1.52. The fourth-order valence-electron chi connectivity index (χ4n) is 2.65. The topological polar surface area (TPSA) is 61.7 Å². The van der Waals surface area contributed by atoms with E-state index in [0.717, 1.165) is 29.8 Å². The minimum absolute atomic E-state index is 0.344. The zero-order chi connectivity index (χ0) is 13.4. The lowest BCUT2D eigenvalue weighted by molar-refractivity contribution is 0.433. The molecule has 1 unspecified atom stereocenters. The molecular formula is C13H23N5. The molecule has 100 valence electrons. The predicted molar refractivity (Wildman–Crippen MR) is 74.5 cm³/mol. The SMILES string of the molecule is CCn1nc(C)c2nc(N)n(C(C)CC(C)C)c21. The smallest absolute Gasteiger partial charge is 0.202 e. The van der Waals surface area contributed by atoms with Crippen LogP contribution >= 0.6 is 0 Å². The fourth-order valence-corrected chi connectivity index (χ4v) is 2.65. The third-order valence-electron chi connectivity index (χ3n) is 3.32. The fraction of sp³-hybridized carbons (Fsp3) is 0.692. The van der Waals surface area contributed by atoms with Crippen molar-refractivity contribution in [3.8, 4) is 0 Å². The van der Waals surface area contributed by atoms with Crippen molar-refractivity contribution in [2.24, 2.45) is 5.92 Å². The molecule has 5 nitrogen and oxygen atoms in total. The summed E-state index contributed by atoms with van der Waals surface area (Å²) >= 11 is 0. The van der Waals surface area contributed by atoms with E-state index in [2.05, 4.69) is 42.3 Å². The van der Waals surface area contributed by atoms with Crippen molar-refractivity contribution in [3.63, 3.8) is 0 Å². The van der Waals surface area contributed by atoms with Crippen molar-refractivity contribution < 1.29 is 0 Å². The molecule has 2 aromatic rings. The molecule has 0 aliphatic rings. The lowest BCUT2D eigenvalue weighted by Crippen LogP contribution is -2.14. The van der Waals surface area contributed by atoms with Crippen LogP contribution in [0.1, 0.15) is 45.9 Å². The average molecular weight is 249 g/mol. The second-order valence-electron chi connectivity index (χ2n) is 5.39. The van der Waals surface area contributed by atoms with E-state index < -0.39 is 0 Å². The molecule has 18 heavy (non-hydrogen) atoms. The summed E-state index contributed by atoms with van der Waals surface area (Å²) in [5, 5.41) is 4.51. The van der Waals surface area contributed by atoms with Gasteiger partial charge in [0.25, 0.3) is 0 Å². The van der Waals surface area contributed by atoms with Crippen LogP contribution in [0.4, 0.5) is 5.95 Å². The predicted octanol–water partition coefficient (Wildman–Crippen LogP) is 2.75. The Labute approximate surface area is 108 Å². The summed E-state index contributed by atoms with van der Waals surface area (Å²) in [6.07, 6.45) is 1.09. The van der Waals surface area contributed by atoms with Crippen LogP contribution in [-0.4, -0.2) is 19.3 Å². The van der Waals surface area contributed by atoms with Gasteiger partial charge < -0.3 is 5.73 Å². The minimum Gasteiger partial charge on any atom is -0.369 e. The molecule has 0 aliphatic heterocycles. The van der Waals surface area contributed by atoms with Gasteiger partial charge in [-0.15, -0.1) is 0 Å². The van der Waals surface area contributed by atoms with Crippen molar-refractivity contribution in [1.29, 1.82) is 0 Å². The highest BCUT2D eigenvalue weighted by Gasteiger charge is 2.20. The van der Waals surface area contributed by atoms with Gasteiger partial charge in [0.2, 0.25) is 5.95 Å². The maximum Gasteiger partial charge on any atom is 0.202 e. The van der Waals surface area contributed by atoms with E-state index in [9.17, 15) is 0 Å². The third-order valence-corrected chi connectivity index (χ3v) is 3.32. The maximum absolute atomic E-state index is 6.08. The number of nitrogens with two attached hydrogens (primary N) is 1. The number of fused-ring (bicyclic) bond motifs is 1. The summed E-state index contributed by atoms with van der Waals surface area (Å²) in [6, 6.07) is 0.344. The third kappa shape index (κ3) is 1.98. The highest BCUT2D eigenvalue weighted by Crippen LogP contribution is 2.28. The van der Waals surface area contributed by atoms with Crippen LogP contribution in [0.5, 0.6) is 0 Å². The van der Waals surface area contributed by atoms with E-state index in [0.29, 0.717) is 17.9 Å². The Morgan fingerprint density at radius 2 is 1.94 bits per heavy atom. The zero-order valence-corrected chi connectivity index (χ0v) is 11.9. The first kappa shape index (κ1) is 12.9. The minimum atomic E-state index is 0.344. The molecule has 0 fully saturated rings. The summed E-state index contributed by atoms with van der Waals surface area (Å²) in [4.78, 5) is 4.47. The monoisotopic (exact) mass is 249 g/mol. The highest BCUT2D eigenvalue weighted by atomic mass is 15.4. The average Bonchev–Trinajstić information content (AvgIpc) is 2.75. The first-order valence-corrected chi connectivity index (χ1v) is 6.66. The number of rotatable bonds is 4. The van der Waals surface area contributed by atoms with E-state index in [1.807, 2.05) is 11.6 Å². The van der Waals surface area contributed by atoms with Crippen molar-refractivity contribution >= 4 is 17.1 Å². The standard InChI is InChI=1S/C13H23N5/c1-6-17-12-11(10(5)16-17)15-13(14)18(12)9(4)7-8(2)3/h8-9H,6-7H2,1-5H3,(H2,14,15). The normalized spacial score (nSPS) is 13.7.